The fraction of sp³-hybridized carbons (Fsp3) is 0.273. The van der Waals surface area contributed by atoms with E-state index in [9.17, 15) is 9.59 Å². The van der Waals surface area contributed by atoms with Gasteiger partial charge in [-0.05, 0) is 18.2 Å². The van der Waals surface area contributed by atoms with Crippen molar-refractivity contribution in [2.24, 2.45) is 0 Å². The summed E-state index contributed by atoms with van der Waals surface area (Å²) in [6.07, 6.45) is -1.28. The Labute approximate surface area is 104 Å². The largest absolute Gasteiger partial charge is 0.453 e. The molecule has 0 aliphatic carbocycles. The number of benzene rings is 1. The molecule has 0 spiro atoms. The molecule has 0 unspecified atom stereocenters. The summed E-state index contributed by atoms with van der Waals surface area (Å²) in [5, 5.41) is 13.4. The van der Waals surface area contributed by atoms with Gasteiger partial charge in [-0.2, -0.15) is 0 Å². The smallest absolute Gasteiger partial charge is 0.411 e. The van der Waals surface area contributed by atoms with Crippen molar-refractivity contribution >= 4 is 23.6 Å². The van der Waals surface area contributed by atoms with Crippen molar-refractivity contribution in [3.63, 3.8) is 0 Å². The number of carbonyl (C=O) groups excluding carboxylic acids is 2. The molecule has 98 valence electrons. The third-order valence-corrected chi connectivity index (χ3v) is 1.87. The quantitative estimate of drug-likeness (QED) is 0.754. The van der Waals surface area contributed by atoms with E-state index in [1.807, 2.05) is 0 Å². The van der Waals surface area contributed by atoms with Crippen molar-refractivity contribution in [1.29, 1.82) is 0 Å². The Hall–Kier alpha value is -2.28. The number of anilines is 2. The maximum atomic E-state index is 11.2. The second kappa shape index (κ2) is 7.13. The molecule has 0 radical (unpaired) electrons. The molecule has 2 amide bonds. The van der Waals surface area contributed by atoms with Gasteiger partial charge in [-0.25, -0.2) is 9.59 Å². The zero-order chi connectivity index (χ0) is 13.4. The van der Waals surface area contributed by atoms with Crippen LogP contribution in [0.25, 0.3) is 0 Å². The van der Waals surface area contributed by atoms with Gasteiger partial charge < -0.3 is 14.6 Å². The summed E-state index contributed by atoms with van der Waals surface area (Å²) in [6, 6.07) is 6.45. The predicted molar refractivity (Wildman–Crippen MR) is 64.5 cm³/mol. The standard InChI is InChI=1S/C11H14N2O5/c1-17-10(15)12-8-3-2-4-9(7-8)13-11(16)18-6-5-14/h2-4,7,14H,5-6H2,1H3,(H,12,15)(H,13,16). The SMILES string of the molecule is COC(=O)Nc1cccc(NC(=O)OCCO)c1. The maximum Gasteiger partial charge on any atom is 0.411 e. The van der Waals surface area contributed by atoms with Crippen LogP contribution in [-0.2, 0) is 9.47 Å². The van der Waals surface area contributed by atoms with Gasteiger partial charge in [0.05, 0.1) is 13.7 Å². The molecule has 0 aliphatic rings. The summed E-state index contributed by atoms with van der Waals surface area (Å²) in [5.41, 5.74) is 0.925. The van der Waals surface area contributed by atoms with Crippen LogP contribution >= 0.6 is 0 Å². The molecule has 1 aromatic rings. The molecule has 0 saturated carbocycles. The number of hydrogen-bond acceptors (Lipinski definition) is 5. The minimum Gasteiger partial charge on any atom is -0.453 e. The number of nitrogens with one attached hydrogen (secondary N) is 2. The van der Waals surface area contributed by atoms with Crippen LogP contribution < -0.4 is 10.6 Å². The Morgan fingerprint density at radius 1 is 1.22 bits per heavy atom. The molecule has 0 aliphatic heterocycles. The highest BCUT2D eigenvalue weighted by Gasteiger charge is 2.05. The number of aliphatic hydroxyl groups is 1. The molecule has 1 rings (SSSR count). The second-order valence-corrected chi connectivity index (χ2v) is 3.18. The molecule has 0 fully saturated rings. The molecule has 0 bridgehead atoms. The Morgan fingerprint density at radius 3 is 2.39 bits per heavy atom. The van der Waals surface area contributed by atoms with E-state index >= 15 is 0 Å². The molecule has 0 heterocycles. The molecule has 7 heteroatoms. The Kier molecular flexibility index (Phi) is 5.46. The summed E-state index contributed by atoms with van der Waals surface area (Å²) >= 11 is 0. The zero-order valence-electron chi connectivity index (χ0n) is 9.80. The van der Waals surface area contributed by atoms with Gasteiger partial charge in [-0.15, -0.1) is 0 Å². The van der Waals surface area contributed by atoms with E-state index in [4.69, 9.17) is 5.11 Å². The number of ether oxygens (including phenoxy) is 2. The van der Waals surface area contributed by atoms with E-state index in [1.165, 1.54) is 13.2 Å². The monoisotopic (exact) mass is 254 g/mol. The minimum absolute atomic E-state index is 0.0774. The fourth-order valence-electron chi connectivity index (χ4n) is 1.14. The van der Waals surface area contributed by atoms with Crippen molar-refractivity contribution in [1.82, 2.24) is 0 Å². The Bertz CT molecular complexity index is 422. The van der Waals surface area contributed by atoms with Crippen molar-refractivity contribution in [3.05, 3.63) is 24.3 Å². The van der Waals surface area contributed by atoms with Gasteiger partial charge in [0.2, 0.25) is 0 Å². The molecular weight excluding hydrogens is 240 g/mol. The highest BCUT2D eigenvalue weighted by Crippen LogP contribution is 2.15. The van der Waals surface area contributed by atoms with E-state index < -0.39 is 12.2 Å². The first-order valence-electron chi connectivity index (χ1n) is 5.15. The number of rotatable bonds is 4. The van der Waals surface area contributed by atoms with Gasteiger partial charge in [-0.1, -0.05) is 6.07 Å². The van der Waals surface area contributed by atoms with E-state index in [1.54, 1.807) is 18.2 Å². The molecule has 0 aromatic heterocycles. The van der Waals surface area contributed by atoms with Gasteiger partial charge in [0, 0.05) is 11.4 Å². The number of aliphatic hydroxyl groups excluding tert-OH is 1. The summed E-state index contributed by atoms with van der Waals surface area (Å²) in [6.45, 7) is -0.316. The number of carbonyl (C=O) groups is 2. The van der Waals surface area contributed by atoms with Crippen LogP contribution in [0, 0.1) is 0 Å². The number of amides is 2. The minimum atomic E-state index is -0.681. The van der Waals surface area contributed by atoms with Crippen molar-refractivity contribution < 1.29 is 24.2 Å². The normalized spacial score (nSPS) is 9.44. The second-order valence-electron chi connectivity index (χ2n) is 3.18. The van der Waals surface area contributed by atoms with E-state index in [0.717, 1.165) is 0 Å². The highest BCUT2D eigenvalue weighted by atomic mass is 16.6. The van der Waals surface area contributed by atoms with Crippen LogP contribution in [0.4, 0.5) is 21.0 Å². The van der Waals surface area contributed by atoms with Crippen LogP contribution in [-0.4, -0.2) is 37.6 Å². The molecule has 7 nitrogen and oxygen atoms in total. The van der Waals surface area contributed by atoms with Gasteiger partial charge >= 0.3 is 12.2 Å². The first kappa shape index (κ1) is 13.8. The van der Waals surface area contributed by atoms with Gasteiger partial charge in [0.15, 0.2) is 0 Å². The van der Waals surface area contributed by atoms with Gasteiger partial charge in [-0.3, -0.25) is 10.6 Å². The third kappa shape index (κ3) is 4.71. The van der Waals surface area contributed by atoms with Crippen LogP contribution in [0.3, 0.4) is 0 Å². The molecule has 18 heavy (non-hydrogen) atoms. The lowest BCUT2D eigenvalue weighted by Gasteiger charge is -2.08. The first-order valence-corrected chi connectivity index (χ1v) is 5.15. The lowest BCUT2D eigenvalue weighted by molar-refractivity contribution is 0.131. The van der Waals surface area contributed by atoms with Crippen molar-refractivity contribution in [3.8, 4) is 0 Å². The molecule has 3 N–H and O–H groups in total. The number of methoxy groups -OCH3 is 1. The van der Waals surface area contributed by atoms with Crippen molar-refractivity contribution in [2.75, 3.05) is 31.0 Å². The lowest BCUT2D eigenvalue weighted by atomic mass is 10.3. The van der Waals surface area contributed by atoms with E-state index in [2.05, 4.69) is 20.1 Å². The van der Waals surface area contributed by atoms with Crippen LogP contribution in [0.5, 0.6) is 0 Å². The van der Waals surface area contributed by atoms with Gasteiger partial charge in [0.25, 0.3) is 0 Å². The molecule has 0 atom stereocenters. The molecule has 1 aromatic carbocycles. The maximum absolute atomic E-state index is 11.2. The van der Waals surface area contributed by atoms with E-state index in [-0.39, 0.29) is 13.2 Å². The zero-order valence-corrected chi connectivity index (χ0v) is 9.80. The lowest BCUT2D eigenvalue weighted by Crippen LogP contribution is -2.16. The first-order chi connectivity index (χ1) is 8.65. The summed E-state index contributed by atoms with van der Waals surface area (Å²) < 4.78 is 9.06. The third-order valence-electron chi connectivity index (χ3n) is 1.87. The van der Waals surface area contributed by atoms with Crippen LogP contribution in [0.15, 0.2) is 24.3 Å². The average Bonchev–Trinajstić information content (AvgIpc) is 2.36. The van der Waals surface area contributed by atoms with Gasteiger partial charge in [0.1, 0.15) is 6.61 Å². The summed E-state index contributed by atoms with van der Waals surface area (Å²) in [7, 11) is 1.25. The fourth-order valence-corrected chi connectivity index (χ4v) is 1.14. The van der Waals surface area contributed by atoms with E-state index in [0.29, 0.717) is 11.4 Å². The van der Waals surface area contributed by atoms with Crippen LogP contribution in [0.2, 0.25) is 0 Å². The summed E-state index contributed by atoms with van der Waals surface area (Å²) in [4.78, 5) is 22.2. The highest BCUT2D eigenvalue weighted by molar-refractivity contribution is 5.88. The topological polar surface area (TPSA) is 96.9 Å². The molecular formula is C11H14N2O5. The Morgan fingerprint density at radius 2 is 1.83 bits per heavy atom. The Balaban J connectivity index is 2.59. The number of hydrogen-bond donors (Lipinski definition) is 3. The molecule has 0 saturated heterocycles. The van der Waals surface area contributed by atoms with Crippen LogP contribution in [0.1, 0.15) is 0 Å². The predicted octanol–water partition coefficient (Wildman–Crippen LogP) is 1.41. The average molecular weight is 254 g/mol. The van der Waals surface area contributed by atoms with Crippen molar-refractivity contribution in [2.45, 2.75) is 0 Å². The summed E-state index contributed by atoms with van der Waals surface area (Å²) in [5.74, 6) is 0.